The number of benzene rings is 1. The number of hydrogen-bond donors (Lipinski definition) is 3. The molecule has 0 spiro atoms. The van der Waals surface area contributed by atoms with E-state index >= 15 is 0 Å². The van der Waals surface area contributed by atoms with Crippen LogP contribution in [0.4, 0.5) is 14.9 Å². The van der Waals surface area contributed by atoms with Gasteiger partial charge in [-0.3, -0.25) is 0 Å². The first-order chi connectivity index (χ1) is 6.09. The minimum atomic E-state index is -1.19. The second-order valence-electron chi connectivity index (χ2n) is 2.51. The molecule has 0 heterocycles. The van der Waals surface area contributed by atoms with Crippen LogP contribution in [-0.4, -0.2) is 11.2 Å². The molecule has 70 valence electrons. The van der Waals surface area contributed by atoms with Gasteiger partial charge in [0.15, 0.2) is 0 Å². The van der Waals surface area contributed by atoms with Crippen LogP contribution in [0.5, 0.6) is 0 Å². The number of nitrogens with one attached hydrogen (secondary N) is 1. The van der Waals surface area contributed by atoms with Crippen LogP contribution >= 0.6 is 0 Å². The molecule has 5 heteroatoms. The lowest BCUT2D eigenvalue weighted by atomic mass is 10.2. The van der Waals surface area contributed by atoms with Crippen molar-refractivity contribution in [2.45, 2.75) is 6.54 Å². The number of carbonyl (C=O) groups is 1. The number of rotatable bonds is 2. The molecule has 1 aromatic rings. The van der Waals surface area contributed by atoms with E-state index in [0.717, 1.165) is 0 Å². The summed E-state index contributed by atoms with van der Waals surface area (Å²) >= 11 is 0. The fourth-order valence-corrected chi connectivity index (χ4v) is 0.901. The van der Waals surface area contributed by atoms with E-state index in [-0.39, 0.29) is 12.1 Å². The lowest BCUT2D eigenvalue weighted by Gasteiger charge is -2.03. The summed E-state index contributed by atoms with van der Waals surface area (Å²) in [4.78, 5) is 10.1. The number of nitrogen functional groups attached to an aromatic ring is 1. The molecule has 4 nitrogen and oxygen atoms in total. The first kappa shape index (κ1) is 9.31. The van der Waals surface area contributed by atoms with Crippen molar-refractivity contribution in [2.75, 3.05) is 5.73 Å². The van der Waals surface area contributed by atoms with Crippen molar-refractivity contribution in [3.8, 4) is 0 Å². The summed E-state index contributed by atoms with van der Waals surface area (Å²) in [7, 11) is 0. The summed E-state index contributed by atoms with van der Waals surface area (Å²) in [6, 6.07) is 4.01. The predicted molar refractivity (Wildman–Crippen MR) is 45.7 cm³/mol. The Balaban J connectivity index is 2.75. The van der Waals surface area contributed by atoms with Gasteiger partial charge in [0.1, 0.15) is 5.82 Å². The average Bonchev–Trinajstić information content (AvgIpc) is 2.06. The van der Waals surface area contributed by atoms with Gasteiger partial charge in [-0.2, -0.15) is 0 Å². The Morgan fingerprint density at radius 2 is 2.31 bits per heavy atom. The van der Waals surface area contributed by atoms with Crippen LogP contribution < -0.4 is 11.1 Å². The molecule has 13 heavy (non-hydrogen) atoms. The lowest BCUT2D eigenvalue weighted by molar-refractivity contribution is 0.194. The Hall–Kier alpha value is -1.78. The third kappa shape index (κ3) is 2.62. The Kier molecular flexibility index (Phi) is 2.69. The van der Waals surface area contributed by atoms with Gasteiger partial charge in [0.25, 0.3) is 0 Å². The molecule has 1 amide bonds. The third-order valence-corrected chi connectivity index (χ3v) is 1.50. The lowest BCUT2D eigenvalue weighted by Crippen LogP contribution is -2.20. The monoisotopic (exact) mass is 184 g/mol. The Morgan fingerprint density at radius 3 is 2.92 bits per heavy atom. The number of hydrogen-bond acceptors (Lipinski definition) is 2. The number of carboxylic acid groups (broad SMARTS) is 1. The van der Waals surface area contributed by atoms with Crippen LogP contribution in [0.25, 0.3) is 0 Å². The summed E-state index contributed by atoms with van der Waals surface area (Å²) < 4.78 is 12.9. The zero-order chi connectivity index (χ0) is 9.84. The minimum Gasteiger partial charge on any atom is -0.465 e. The molecule has 0 aliphatic rings. The first-order valence-electron chi connectivity index (χ1n) is 3.60. The SMILES string of the molecule is Nc1ccc(F)c(CNC(=O)O)c1. The van der Waals surface area contributed by atoms with Crippen molar-refractivity contribution in [1.29, 1.82) is 0 Å². The highest BCUT2D eigenvalue weighted by Crippen LogP contribution is 2.11. The minimum absolute atomic E-state index is 0.0772. The van der Waals surface area contributed by atoms with Crippen molar-refractivity contribution in [2.24, 2.45) is 0 Å². The van der Waals surface area contributed by atoms with E-state index in [1.807, 2.05) is 0 Å². The molecule has 0 fully saturated rings. The van der Waals surface area contributed by atoms with E-state index in [1.165, 1.54) is 18.2 Å². The summed E-state index contributed by atoms with van der Waals surface area (Å²) in [5, 5.41) is 10.3. The topological polar surface area (TPSA) is 75.3 Å². The summed E-state index contributed by atoms with van der Waals surface area (Å²) in [6.07, 6.45) is -1.19. The summed E-state index contributed by atoms with van der Waals surface area (Å²) in [6.45, 7) is -0.0772. The highest BCUT2D eigenvalue weighted by atomic mass is 19.1. The second kappa shape index (κ2) is 3.75. The van der Waals surface area contributed by atoms with Crippen LogP contribution in [0.3, 0.4) is 0 Å². The van der Waals surface area contributed by atoms with Gasteiger partial charge in [-0.25, -0.2) is 9.18 Å². The first-order valence-corrected chi connectivity index (χ1v) is 3.60. The summed E-state index contributed by atoms with van der Waals surface area (Å²) in [5.41, 5.74) is 6.04. The van der Waals surface area contributed by atoms with Crippen molar-refractivity contribution < 1.29 is 14.3 Å². The fraction of sp³-hybridized carbons (Fsp3) is 0.125. The van der Waals surface area contributed by atoms with E-state index < -0.39 is 11.9 Å². The molecule has 4 N–H and O–H groups in total. The average molecular weight is 184 g/mol. The maximum Gasteiger partial charge on any atom is 0.404 e. The zero-order valence-electron chi connectivity index (χ0n) is 6.75. The van der Waals surface area contributed by atoms with Gasteiger partial charge >= 0.3 is 6.09 Å². The predicted octanol–water partition coefficient (Wildman–Crippen LogP) is 1.18. The van der Waals surface area contributed by atoms with Gasteiger partial charge in [0.2, 0.25) is 0 Å². The molecule has 1 aromatic carbocycles. The van der Waals surface area contributed by atoms with Gasteiger partial charge in [-0.05, 0) is 18.2 Å². The number of halogens is 1. The normalized spacial score (nSPS) is 9.62. The highest BCUT2D eigenvalue weighted by Gasteiger charge is 2.03. The molecular formula is C8H9FN2O2. The molecule has 0 aliphatic heterocycles. The highest BCUT2D eigenvalue weighted by molar-refractivity contribution is 5.64. The van der Waals surface area contributed by atoms with E-state index in [2.05, 4.69) is 5.32 Å². The number of nitrogens with two attached hydrogens (primary N) is 1. The van der Waals surface area contributed by atoms with Crippen LogP contribution in [0.15, 0.2) is 18.2 Å². The smallest absolute Gasteiger partial charge is 0.404 e. The van der Waals surface area contributed by atoms with Gasteiger partial charge in [-0.1, -0.05) is 0 Å². The molecule has 0 bridgehead atoms. The molecule has 0 atom stereocenters. The quantitative estimate of drug-likeness (QED) is 0.604. The second-order valence-corrected chi connectivity index (χ2v) is 2.51. The Morgan fingerprint density at radius 1 is 1.62 bits per heavy atom. The van der Waals surface area contributed by atoms with Gasteiger partial charge < -0.3 is 16.2 Å². The molecule has 0 saturated carbocycles. The maximum absolute atomic E-state index is 12.9. The van der Waals surface area contributed by atoms with Crippen LogP contribution in [0.2, 0.25) is 0 Å². The fourth-order valence-electron chi connectivity index (χ4n) is 0.901. The Bertz CT molecular complexity index is 328. The van der Waals surface area contributed by atoms with Gasteiger partial charge in [0, 0.05) is 17.8 Å². The molecule has 0 unspecified atom stereocenters. The molecular weight excluding hydrogens is 175 g/mol. The molecule has 0 aliphatic carbocycles. The van der Waals surface area contributed by atoms with Crippen LogP contribution in [0, 0.1) is 5.82 Å². The largest absolute Gasteiger partial charge is 0.465 e. The van der Waals surface area contributed by atoms with E-state index in [9.17, 15) is 9.18 Å². The zero-order valence-corrected chi connectivity index (χ0v) is 6.75. The van der Waals surface area contributed by atoms with Crippen LogP contribution in [0.1, 0.15) is 5.56 Å². The number of anilines is 1. The molecule has 0 radical (unpaired) electrons. The van der Waals surface area contributed by atoms with Crippen molar-refractivity contribution >= 4 is 11.8 Å². The van der Waals surface area contributed by atoms with E-state index in [1.54, 1.807) is 0 Å². The Labute approximate surface area is 74.2 Å². The van der Waals surface area contributed by atoms with Crippen LogP contribution in [-0.2, 0) is 6.54 Å². The van der Waals surface area contributed by atoms with Gasteiger partial charge in [0.05, 0.1) is 0 Å². The van der Waals surface area contributed by atoms with Crippen molar-refractivity contribution in [3.05, 3.63) is 29.6 Å². The van der Waals surface area contributed by atoms with Gasteiger partial charge in [-0.15, -0.1) is 0 Å². The standard InChI is InChI=1S/C8H9FN2O2/c9-7-2-1-6(10)3-5(7)4-11-8(12)13/h1-3,11H,4,10H2,(H,12,13). The van der Waals surface area contributed by atoms with Crippen molar-refractivity contribution in [3.63, 3.8) is 0 Å². The summed E-state index contributed by atoms with van der Waals surface area (Å²) in [5.74, 6) is -0.469. The van der Waals surface area contributed by atoms with E-state index in [0.29, 0.717) is 5.69 Å². The molecule has 0 saturated heterocycles. The molecule has 1 rings (SSSR count). The maximum atomic E-state index is 12.9. The van der Waals surface area contributed by atoms with Crippen molar-refractivity contribution in [1.82, 2.24) is 5.32 Å². The van der Waals surface area contributed by atoms with E-state index in [4.69, 9.17) is 10.8 Å². The number of amides is 1. The third-order valence-electron chi connectivity index (χ3n) is 1.50. The molecule has 0 aromatic heterocycles.